The molecule has 0 aliphatic rings. The minimum Gasteiger partial charge on any atom is -0.439 e. The van der Waals surface area contributed by atoms with Crippen molar-refractivity contribution in [1.82, 2.24) is 9.97 Å². The average molecular weight is 246 g/mol. The fraction of sp³-hybridized carbons (Fsp3) is 0.167. The maximum absolute atomic E-state index is 9.04. The van der Waals surface area contributed by atoms with Crippen molar-refractivity contribution in [2.75, 3.05) is 18.1 Å². The second kappa shape index (κ2) is 5.33. The van der Waals surface area contributed by atoms with E-state index in [1.807, 2.05) is 0 Å². The molecule has 0 unspecified atom stereocenters. The SMILES string of the molecule is CNc1cc(Oc2cccc(CO)c2)nc(N)n1. The number of benzene rings is 1. The molecular formula is C12H14N4O2. The minimum absolute atomic E-state index is 0.0368. The molecule has 0 saturated carbocycles. The lowest BCUT2D eigenvalue weighted by atomic mass is 10.2. The van der Waals surface area contributed by atoms with Crippen LogP contribution in [0.4, 0.5) is 11.8 Å². The van der Waals surface area contributed by atoms with Crippen LogP contribution in [0, 0.1) is 0 Å². The molecule has 1 aromatic carbocycles. The van der Waals surface area contributed by atoms with Crippen molar-refractivity contribution in [2.45, 2.75) is 6.61 Å². The minimum atomic E-state index is -0.0368. The van der Waals surface area contributed by atoms with Gasteiger partial charge in [0.15, 0.2) is 0 Å². The fourth-order valence-corrected chi connectivity index (χ4v) is 1.45. The monoisotopic (exact) mass is 246 g/mol. The van der Waals surface area contributed by atoms with Gasteiger partial charge in [-0.25, -0.2) is 0 Å². The van der Waals surface area contributed by atoms with E-state index < -0.39 is 0 Å². The number of nitrogens with one attached hydrogen (secondary N) is 1. The first kappa shape index (κ1) is 12.1. The summed E-state index contributed by atoms with van der Waals surface area (Å²) in [4.78, 5) is 7.94. The normalized spacial score (nSPS) is 10.1. The van der Waals surface area contributed by atoms with Gasteiger partial charge in [-0.3, -0.25) is 0 Å². The number of hydrogen-bond donors (Lipinski definition) is 3. The van der Waals surface area contributed by atoms with Gasteiger partial charge in [0.2, 0.25) is 11.8 Å². The lowest BCUT2D eigenvalue weighted by molar-refractivity contribution is 0.281. The van der Waals surface area contributed by atoms with Gasteiger partial charge < -0.3 is 20.9 Å². The van der Waals surface area contributed by atoms with Crippen LogP contribution in [0.15, 0.2) is 30.3 Å². The molecule has 0 aliphatic carbocycles. The molecule has 6 heteroatoms. The molecule has 0 fully saturated rings. The molecule has 94 valence electrons. The largest absolute Gasteiger partial charge is 0.439 e. The number of rotatable bonds is 4. The molecule has 0 aliphatic heterocycles. The van der Waals surface area contributed by atoms with Crippen LogP contribution in [-0.4, -0.2) is 22.1 Å². The van der Waals surface area contributed by atoms with E-state index in [1.54, 1.807) is 37.4 Å². The van der Waals surface area contributed by atoms with Crippen LogP contribution in [0.3, 0.4) is 0 Å². The number of aromatic nitrogens is 2. The zero-order valence-corrected chi connectivity index (χ0v) is 9.92. The summed E-state index contributed by atoms with van der Waals surface area (Å²) in [6.07, 6.45) is 0. The molecule has 6 nitrogen and oxygen atoms in total. The molecule has 1 aromatic heterocycles. The zero-order chi connectivity index (χ0) is 13.0. The van der Waals surface area contributed by atoms with Crippen LogP contribution in [0.2, 0.25) is 0 Å². The number of nitrogens with two attached hydrogens (primary N) is 1. The average Bonchev–Trinajstić information content (AvgIpc) is 2.38. The molecule has 2 rings (SSSR count). The lowest BCUT2D eigenvalue weighted by Crippen LogP contribution is -2.01. The van der Waals surface area contributed by atoms with Crippen molar-refractivity contribution in [2.24, 2.45) is 0 Å². The number of nitrogen functional groups attached to an aromatic ring is 1. The van der Waals surface area contributed by atoms with Crippen LogP contribution in [-0.2, 0) is 6.61 Å². The van der Waals surface area contributed by atoms with Gasteiger partial charge in [-0.2, -0.15) is 9.97 Å². The zero-order valence-electron chi connectivity index (χ0n) is 9.92. The number of hydrogen-bond acceptors (Lipinski definition) is 6. The van der Waals surface area contributed by atoms with Crippen molar-refractivity contribution in [3.8, 4) is 11.6 Å². The third-order valence-electron chi connectivity index (χ3n) is 2.28. The molecule has 2 aromatic rings. The predicted molar refractivity (Wildman–Crippen MR) is 68.4 cm³/mol. The summed E-state index contributed by atoms with van der Waals surface area (Å²) in [7, 11) is 1.73. The van der Waals surface area contributed by atoms with Crippen molar-refractivity contribution in [1.29, 1.82) is 0 Å². The summed E-state index contributed by atoms with van der Waals surface area (Å²) in [5, 5.41) is 11.9. The van der Waals surface area contributed by atoms with E-state index in [2.05, 4.69) is 15.3 Å². The Morgan fingerprint density at radius 1 is 1.33 bits per heavy atom. The van der Waals surface area contributed by atoms with E-state index in [0.717, 1.165) is 5.56 Å². The second-order valence-corrected chi connectivity index (χ2v) is 3.61. The highest BCUT2D eigenvalue weighted by molar-refractivity contribution is 5.43. The van der Waals surface area contributed by atoms with E-state index >= 15 is 0 Å². The van der Waals surface area contributed by atoms with Gasteiger partial charge in [0.05, 0.1) is 6.61 Å². The molecule has 1 heterocycles. The standard InChI is InChI=1S/C12H14N4O2/c1-14-10-6-11(16-12(13)15-10)18-9-4-2-3-8(5-9)7-17/h2-6,17H,7H2,1H3,(H3,13,14,15,16). The molecule has 0 bridgehead atoms. The number of aliphatic hydroxyl groups excluding tert-OH is 1. The number of ether oxygens (including phenoxy) is 1. The van der Waals surface area contributed by atoms with Crippen molar-refractivity contribution < 1.29 is 9.84 Å². The Hall–Kier alpha value is -2.34. The van der Waals surface area contributed by atoms with Gasteiger partial charge in [0.1, 0.15) is 11.6 Å². The Morgan fingerprint density at radius 2 is 2.17 bits per heavy atom. The summed E-state index contributed by atoms with van der Waals surface area (Å²) in [5.74, 6) is 1.65. The Morgan fingerprint density at radius 3 is 2.89 bits per heavy atom. The molecular weight excluding hydrogens is 232 g/mol. The first-order valence-corrected chi connectivity index (χ1v) is 5.41. The Labute approximate surface area is 104 Å². The number of nitrogens with zero attached hydrogens (tertiary/aromatic N) is 2. The summed E-state index contributed by atoms with van der Waals surface area (Å²) >= 11 is 0. The summed E-state index contributed by atoms with van der Waals surface area (Å²) in [6, 6.07) is 8.75. The third-order valence-corrected chi connectivity index (χ3v) is 2.28. The van der Waals surface area contributed by atoms with E-state index in [4.69, 9.17) is 15.6 Å². The van der Waals surface area contributed by atoms with Gasteiger partial charge in [0, 0.05) is 13.1 Å². The molecule has 18 heavy (non-hydrogen) atoms. The van der Waals surface area contributed by atoms with Crippen LogP contribution in [0.1, 0.15) is 5.56 Å². The van der Waals surface area contributed by atoms with Crippen LogP contribution in [0.25, 0.3) is 0 Å². The van der Waals surface area contributed by atoms with Crippen LogP contribution in [0.5, 0.6) is 11.6 Å². The van der Waals surface area contributed by atoms with Gasteiger partial charge in [-0.05, 0) is 17.7 Å². The lowest BCUT2D eigenvalue weighted by Gasteiger charge is -2.08. The second-order valence-electron chi connectivity index (χ2n) is 3.61. The Bertz CT molecular complexity index is 545. The molecule has 0 radical (unpaired) electrons. The quantitative estimate of drug-likeness (QED) is 0.754. The third kappa shape index (κ3) is 2.86. The predicted octanol–water partition coefficient (Wildman–Crippen LogP) is 1.39. The topological polar surface area (TPSA) is 93.3 Å². The summed E-state index contributed by atoms with van der Waals surface area (Å²) < 4.78 is 5.56. The summed E-state index contributed by atoms with van der Waals surface area (Å²) in [6.45, 7) is -0.0368. The molecule has 0 atom stereocenters. The van der Waals surface area contributed by atoms with Crippen molar-refractivity contribution >= 4 is 11.8 Å². The molecule has 0 saturated heterocycles. The Balaban J connectivity index is 2.24. The Kier molecular flexibility index (Phi) is 3.59. The number of anilines is 2. The fourth-order valence-electron chi connectivity index (χ4n) is 1.45. The maximum atomic E-state index is 9.04. The van der Waals surface area contributed by atoms with Crippen LogP contribution < -0.4 is 15.8 Å². The first-order valence-electron chi connectivity index (χ1n) is 5.41. The first-order chi connectivity index (χ1) is 8.71. The van der Waals surface area contributed by atoms with Gasteiger partial charge in [-0.15, -0.1) is 0 Å². The van der Waals surface area contributed by atoms with Crippen LogP contribution >= 0.6 is 0 Å². The van der Waals surface area contributed by atoms with Crippen molar-refractivity contribution in [3.05, 3.63) is 35.9 Å². The van der Waals surface area contributed by atoms with Crippen molar-refractivity contribution in [3.63, 3.8) is 0 Å². The van der Waals surface area contributed by atoms with E-state index in [0.29, 0.717) is 17.4 Å². The van der Waals surface area contributed by atoms with Gasteiger partial charge in [-0.1, -0.05) is 12.1 Å². The molecule has 0 amide bonds. The number of aliphatic hydroxyl groups is 1. The maximum Gasteiger partial charge on any atom is 0.226 e. The highest BCUT2D eigenvalue weighted by atomic mass is 16.5. The highest BCUT2D eigenvalue weighted by Crippen LogP contribution is 2.22. The van der Waals surface area contributed by atoms with Gasteiger partial charge >= 0.3 is 0 Å². The smallest absolute Gasteiger partial charge is 0.226 e. The van der Waals surface area contributed by atoms with E-state index in [9.17, 15) is 0 Å². The molecule has 0 spiro atoms. The summed E-state index contributed by atoms with van der Waals surface area (Å²) in [5.41, 5.74) is 6.33. The van der Waals surface area contributed by atoms with Gasteiger partial charge in [0.25, 0.3) is 0 Å². The highest BCUT2D eigenvalue weighted by Gasteiger charge is 2.04. The molecule has 4 N–H and O–H groups in total. The van der Waals surface area contributed by atoms with E-state index in [1.165, 1.54) is 0 Å². The van der Waals surface area contributed by atoms with E-state index in [-0.39, 0.29) is 12.6 Å².